The predicted molar refractivity (Wildman–Crippen MR) is 115 cm³/mol. The van der Waals surface area contributed by atoms with E-state index in [4.69, 9.17) is 4.42 Å². The van der Waals surface area contributed by atoms with Crippen LogP contribution in [0.4, 0.5) is 0 Å². The van der Waals surface area contributed by atoms with E-state index in [1.54, 1.807) is 6.92 Å². The molecule has 0 aromatic carbocycles. The Kier molecular flexibility index (Phi) is 11.4. The van der Waals surface area contributed by atoms with Gasteiger partial charge in [0.1, 0.15) is 17.1 Å². The van der Waals surface area contributed by atoms with E-state index in [2.05, 4.69) is 34.4 Å². The number of aliphatic imine (C=N–C) groups is 1. The minimum Gasteiger partial charge on any atom is -0.466 e. The summed E-state index contributed by atoms with van der Waals surface area (Å²) >= 11 is 0. The van der Waals surface area contributed by atoms with E-state index in [1.807, 2.05) is 26.8 Å². The first-order valence-electron chi connectivity index (χ1n) is 8.88. The van der Waals surface area contributed by atoms with Crippen LogP contribution in [0.2, 0.25) is 0 Å². The molecule has 3 N–H and O–H groups in total. The molecule has 0 aliphatic carbocycles. The number of likely N-dealkylation sites (N-methyl/N-ethyl adjacent to an activating group) is 1. The van der Waals surface area contributed by atoms with E-state index in [0.29, 0.717) is 0 Å². The molecule has 0 fully saturated rings. The topological polar surface area (TPSA) is 73.0 Å². The van der Waals surface area contributed by atoms with Gasteiger partial charge in [0.15, 0.2) is 5.96 Å². The number of halogens is 1. The van der Waals surface area contributed by atoms with Crippen molar-refractivity contribution in [2.75, 3.05) is 39.3 Å². The highest BCUT2D eigenvalue weighted by molar-refractivity contribution is 14.0. The number of guanidine groups is 1. The Morgan fingerprint density at radius 2 is 1.88 bits per heavy atom. The summed E-state index contributed by atoms with van der Waals surface area (Å²) in [6.45, 7) is 16.8. The molecular formula is C18H35IN4O2. The van der Waals surface area contributed by atoms with E-state index in [1.165, 1.54) is 0 Å². The highest BCUT2D eigenvalue weighted by Crippen LogP contribution is 2.27. The standard InChI is InChI=1S/C18H34N4O2.HI/c1-7-19-17(20-10-11-22(8-2)9-3)21-13-18(6,23)16-12-14(4)24-15(16)5;/h12,23H,7-11,13H2,1-6H3,(H2,19,20,21);1H. The van der Waals surface area contributed by atoms with Gasteiger partial charge in [-0.25, -0.2) is 4.99 Å². The molecule has 0 bridgehead atoms. The fraction of sp³-hybridized carbons (Fsp3) is 0.722. The number of rotatable bonds is 9. The summed E-state index contributed by atoms with van der Waals surface area (Å²) in [4.78, 5) is 6.90. The van der Waals surface area contributed by atoms with Crippen LogP contribution >= 0.6 is 24.0 Å². The average Bonchev–Trinajstić information content (AvgIpc) is 2.88. The first kappa shape index (κ1) is 24.2. The smallest absolute Gasteiger partial charge is 0.191 e. The molecule has 0 radical (unpaired) electrons. The summed E-state index contributed by atoms with van der Waals surface area (Å²) < 4.78 is 5.53. The quantitative estimate of drug-likeness (QED) is 0.297. The molecule has 1 rings (SSSR count). The molecule has 1 atom stereocenters. The van der Waals surface area contributed by atoms with Gasteiger partial charge in [-0.2, -0.15) is 0 Å². The highest BCUT2D eigenvalue weighted by atomic mass is 127. The molecular weight excluding hydrogens is 431 g/mol. The van der Waals surface area contributed by atoms with E-state index in [-0.39, 0.29) is 30.5 Å². The van der Waals surface area contributed by atoms with E-state index < -0.39 is 5.60 Å². The van der Waals surface area contributed by atoms with Crippen molar-refractivity contribution in [2.24, 2.45) is 4.99 Å². The molecule has 0 spiro atoms. The molecule has 25 heavy (non-hydrogen) atoms. The van der Waals surface area contributed by atoms with Crippen LogP contribution in [0.15, 0.2) is 15.5 Å². The monoisotopic (exact) mass is 466 g/mol. The lowest BCUT2D eigenvalue weighted by molar-refractivity contribution is 0.0657. The van der Waals surface area contributed by atoms with Gasteiger partial charge in [-0.1, -0.05) is 13.8 Å². The first-order chi connectivity index (χ1) is 11.3. The van der Waals surface area contributed by atoms with Crippen LogP contribution in [0.3, 0.4) is 0 Å². The van der Waals surface area contributed by atoms with Crippen molar-refractivity contribution in [1.29, 1.82) is 0 Å². The summed E-state index contributed by atoms with van der Waals surface area (Å²) in [6.07, 6.45) is 0. The summed E-state index contributed by atoms with van der Waals surface area (Å²) in [5, 5.41) is 17.3. The second kappa shape index (κ2) is 11.7. The number of hydrogen-bond acceptors (Lipinski definition) is 4. The Morgan fingerprint density at radius 1 is 1.24 bits per heavy atom. The molecule has 146 valence electrons. The maximum absolute atomic E-state index is 10.8. The molecule has 1 heterocycles. The zero-order chi connectivity index (χ0) is 18.2. The second-order valence-electron chi connectivity index (χ2n) is 6.25. The Bertz CT molecular complexity index is 525. The van der Waals surface area contributed by atoms with E-state index in [0.717, 1.165) is 55.8 Å². The molecule has 0 aliphatic heterocycles. The van der Waals surface area contributed by atoms with Crippen molar-refractivity contribution >= 4 is 29.9 Å². The molecule has 6 nitrogen and oxygen atoms in total. The number of hydrogen-bond donors (Lipinski definition) is 3. The molecule has 1 aromatic heterocycles. The Labute approximate surface area is 169 Å². The van der Waals surface area contributed by atoms with Gasteiger partial charge in [-0.3, -0.25) is 0 Å². The zero-order valence-electron chi connectivity index (χ0n) is 16.5. The van der Waals surface area contributed by atoms with Crippen LogP contribution in [-0.4, -0.2) is 55.2 Å². The van der Waals surface area contributed by atoms with Crippen LogP contribution in [0, 0.1) is 13.8 Å². The minimum absolute atomic E-state index is 0. The third-order valence-electron chi connectivity index (χ3n) is 4.13. The summed E-state index contributed by atoms with van der Waals surface area (Å²) in [6, 6.07) is 1.88. The van der Waals surface area contributed by atoms with Crippen LogP contribution in [0.1, 0.15) is 44.8 Å². The van der Waals surface area contributed by atoms with Gasteiger partial charge in [0.25, 0.3) is 0 Å². The van der Waals surface area contributed by atoms with Gasteiger partial charge >= 0.3 is 0 Å². The Hall–Kier alpha value is -0.800. The summed E-state index contributed by atoms with van der Waals surface area (Å²) in [5.74, 6) is 2.27. The van der Waals surface area contributed by atoms with Crippen LogP contribution in [0.5, 0.6) is 0 Å². The van der Waals surface area contributed by atoms with Gasteiger partial charge in [-0.05, 0) is 46.9 Å². The average molecular weight is 466 g/mol. The molecule has 0 saturated heterocycles. The molecule has 0 saturated carbocycles. The maximum atomic E-state index is 10.8. The summed E-state index contributed by atoms with van der Waals surface area (Å²) in [7, 11) is 0. The van der Waals surface area contributed by atoms with Crippen LogP contribution in [-0.2, 0) is 5.60 Å². The number of nitrogens with one attached hydrogen (secondary N) is 2. The number of furan rings is 1. The van der Waals surface area contributed by atoms with E-state index >= 15 is 0 Å². The fourth-order valence-electron chi connectivity index (χ4n) is 2.70. The van der Waals surface area contributed by atoms with Crippen molar-refractivity contribution < 1.29 is 9.52 Å². The normalized spacial score (nSPS) is 14.2. The first-order valence-corrected chi connectivity index (χ1v) is 8.88. The molecule has 7 heteroatoms. The predicted octanol–water partition coefficient (Wildman–Crippen LogP) is 2.62. The molecule has 0 amide bonds. The Morgan fingerprint density at radius 3 is 2.36 bits per heavy atom. The third kappa shape index (κ3) is 7.96. The lowest BCUT2D eigenvalue weighted by atomic mass is 9.96. The van der Waals surface area contributed by atoms with Crippen molar-refractivity contribution in [3.8, 4) is 0 Å². The number of aryl methyl sites for hydroxylation is 2. The van der Waals surface area contributed by atoms with Crippen molar-refractivity contribution in [3.63, 3.8) is 0 Å². The van der Waals surface area contributed by atoms with Gasteiger partial charge in [0.05, 0.1) is 6.54 Å². The lowest BCUT2D eigenvalue weighted by Crippen LogP contribution is -2.42. The Balaban J connectivity index is 0.00000576. The van der Waals surface area contributed by atoms with Gasteiger partial charge < -0.3 is 25.1 Å². The zero-order valence-corrected chi connectivity index (χ0v) is 18.8. The maximum Gasteiger partial charge on any atom is 0.191 e. The van der Waals surface area contributed by atoms with Gasteiger partial charge in [-0.15, -0.1) is 24.0 Å². The van der Waals surface area contributed by atoms with E-state index in [9.17, 15) is 5.11 Å². The molecule has 1 unspecified atom stereocenters. The number of aliphatic hydroxyl groups is 1. The third-order valence-corrected chi connectivity index (χ3v) is 4.13. The minimum atomic E-state index is -1.05. The summed E-state index contributed by atoms with van der Waals surface area (Å²) in [5.41, 5.74) is -0.258. The van der Waals surface area contributed by atoms with Crippen molar-refractivity contribution in [2.45, 2.75) is 47.1 Å². The SMILES string of the molecule is CCNC(=NCC(C)(O)c1cc(C)oc1C)NCCN(CC)CC.I. The van der Waals surface area contributed by atoms with Crippen LogP contribution < -0.4 is 10.6 Å². The largest absolute Gasteiger partial charge is 0.466 e. The van der Waals surface area contributed by atoms with Gasteiger partial charge in [0, 0.05) is 25.2 Å². The van der Waals surface area contributed by atoms with Crippen LogP contribution in [0.25, 0.3) is 0 Å². The molecule has 1 aromatic rings. The fourth-order valence-corrected chi connectivity index (χ4v) is 2.70. The lowest BCUT2D eigenvalue weighted by Gasteiger charge is -2.22. The number of nitrogens with zero attached hydrogens (tertiary/aromatic N) is 2. The highest BCUT2D eigenvalue weighted by Gasteiger charge is 2.27. The second-order valence-corrected chi connectivity index (χ2v) is 6.25. The van der Waals surface area contributed by atoms with Gasteiger partial charge in [0.2, 0.25) is 0 Å². The van der Waals surface area contributed by atoms with Crippen molar-refractivity contribution in [3.05, 3.63) is 23.2 Å². The molecule has 0 aliphatic rings. The van der Waals surface area contributed by atoms with Crippen molar-refractivity contribution in [1.82, 2.24) is 15.5 Å².